The Bertz CT molecular complexity index is 845. The second-order valence-electron chi connectivity index (χ2n) is 5.15. The van der Waals surface area contributed by atoms with Crippen molar-refractivity contribution in [2.45, 2.75) is 19.9 Å². The lowest BCUT2D eigenvalue weighted by atomic mass is 9.87. The van der Waals surface area contributed by atoms with Crippen LogP contribution in [-0.2, 0) is 6.54 Å². The summed E-state index contributed by atoms with van der Waals surface area (Å²) in [5, 5.41) is 5.75. The lowest BCUT2D eigenvalue weighted by Gasteiger charge is -2.13. The van der Waals surface area contributed by atoms with Crippen molar-refractivity contribution in [3.8, 4) is 11.3 Å². The fourth-order valence-corrected chi connectivity index (χ4v) is 3.02. The summed E-state index contributed by atoms with van der Waals surface area (Å²) in [6, 6.07) is 13.6. The van der Waals surface area contributed by atoms with E-state index >= 15 is 0 Å². The summed E-state index contributed by atoms with van der Waals surface area (Å²) in [5.74, 6) is 0.106. The van der Waals surface area contributed by atoms with Gasteiger partial charge in [-0.1, -0.05) is 43.3 Å². The summed E-state index contributed by atoms with van der Waals surface area (Å²) in [7, 11) is 0. The number of carbonyl (C=O) groups excluding carboxylic acids is 1. The number of hydrogen-bond acceptors (Lipinski definition) is 2. The third kappa shape index (κ3) is 1.35. The summed E-state index contributed by atoms with van der Waals surface area (Å²) < 4.78 is 2.02. The van der Waals surface area contributed by atoms with Crippen LogP contribution in [0.1, 0.15) is 29.3 Å². The maximum Gasteiger partial charge on any atom is 0.194 e. The molecule has 0 saturated carbocycles. The van der Waals surface area contributed by atoms with Gasteiger partial charge in [0.2, 0.25) is 0 Å². The van der Waals surface area contributed by atoms with E-state index < -0.39 is 0 Å². The minimum absolute atomic E-state index is 0.106. The first-order valence-electron chi connectivity index (χ1n) is 6.95. The monoisotopic (exact) mass is 262 g/mol. The van der Waals surface area contributed by atoms with E-state index in [1.54, 1.807) is 0 Å². The molecule has 4 rings (SSSR count). The molecular weight excluding hydrogens is 248 g/mol. The van der Waals surface area contributed by atoms with Gasteiger partial charge in [0, 0.05) is 28.6 Å². The van der Waals surface area contributed by atoms with Gasteiger partial charge in [-0.25, -0.2) is 0 Å². The number of benzene rings is 2. The van der Waals surface area contributed by atoms with Crippen molar-refractivity contribution >= 4 is 16.7 Å². The van der Waals surface area contributed by atoms with E-state index in [4.69, 9.17) is 5.10 Å². The Morgan fingerprint density at radius 1 is 1.00 bits per heavy atom. The number of ketones is 1. The zero-order valence-corrected chi connectivity index (χ0v) is 11.3. The normalized spacial score (nSPS) is 12.8. The van der Waals surface area contributed by atoms with E-state index in [1.165, 1.54) is 0 Å². The quantitative estimate of drug-likeness (QED) is 0.552. The number of carbonyl (C=O) groups is 1. The van der Waals surface area contributed by atoms with Gasteiger partial charge in [0.05, 0.1) is 5.52 Å². The van der Waals surface area contributed by atoms with Gasteiger partial charge < -0.3 is 0 Å². The zero-order chi connectivity index (χ0) is 13.7. The standard InChI is InChI=1S/C17H14N2O/c1-2-10-19-14-9-5-8-13-15(14)16(18-19)11-6-3-4-7-12(11)17(13)20/h3-9H,2,10H2,1H3. The lowest BCUT2D eigenvalue weighted by Crippen LogP contribution is -2.08. The summed E-state index contributed by atoms with van der Waals surface area (Å²) in [6.45, 7) is 3.01. The molecule has 3 heteroatoms. The van der Waals surface area contributed by atoms with Crippen molar-refractivity contribution in [2.24, 2.45) is 0 Å². The van der Waals surface area contributed by atoms with E-state index in [0.717, 1.165) is 46.3 Å². The molecule has 1 aliphatic rings. The molecule has 98 valence electrons. The van der Waals surface area contributed by atoms with Crippen molar-refractivity contribution < 1.29 is 4.79 Å². The molecule has 0 saturated heterocycles. The topological polar surface area (TPSA) is 34.9 Å². The Hall–Kier alpha value is -2.42. The SMILES string of the molecule is CCCn1nc2c3c(cccc31)C(=O)c1ccccc1-2. The highest BCUT2D eigenvalue weighted by Gasteiger charge is 2.27. The van der Waals surface area contributed by atoms with Crippen LogP contribution in [0.4, 0.5) is 0 Å². The highest BCUT2D eigenvalue weighted by Crippen LogP contribution is 2.38. The second-order valence-corrected chi connectivity index (χ2v) is 5.15. The van der Waals surface area contributed by atoms with Crippen LogP contribution in [-0.4, -0.2) is 15.6 Å². The first kappa shape index (κ1) is 11.4. The number of nitrogens with zero attached hydrogens (tertiary/aromatic N) is 2. The molecule has 0 bridgehead atoms. The fourth-order valence-electron chi connectivity index (χ4n) is 3.02. The molecule has 0 N–H and O–H groups in total. The van der Waals surface area contributed by atoms with Crippen molar-refractivity contribution in [3.63, 3.8) is 0 Å². The van der Waals surface area contributed by atoms with Crippen LogP contribution in [0.2, 0.25) is 0 Å². The highest BCUT2D eigenvalue weighted by molar-refractivity contribution is 6.24. The maximum atomic E-state index is 12.6. The minimum Gasteiger partial charge on any atom is -0.289 e. The van der Waals surface area contributed by atoms with Gasteiger partial charge in [-0.3, -0.25) is 9.48 Å². The molecule has 0 radical (unpaired) electrons. The van der Waals surface area contributed by atoms with Crippen LogP contribution in [0.25, 0.3) is 22.2 Å². The maximum absolute atomic E-state index is 12.6. The highest BCUT2D eigenvalue weighted by atomic mass is 16.1. The first-order valence-corrected chi connectivity index (χ1v) is 6.95. The summed E-state index contributed by atoms with van der Waals surface area (Å²) in [5.41, 5.74) is 4.49. The molecule has 3 aromatic rings. The summed E-state index contributed by atoms with van der Waals surface area (Å²) in [6.07, 6.45) is 1.02. The molecule has 1 aliphatic carbocycles. The molecule has 0 fully saturated rings. The molecule has 20 heavy (non-hydrogen) atoms. The van der Waals surface area contributed by atoms with E-state index in [-0.39, 0.29) is 5.78 Å². The van der Waals surface area contributed by atoms with Gasteiger partial charge in [-0.2, -0.15) is 5.10 Å². The van der Waals surface area contributed by atoms with Gasteiger partial charge in [-0.15, -0.1) is 0 Å². The Morgan fingerprint density at radius 2 is 1.75 bits per heavy atom. The Morgan fingerprint density at radius 3 is 2.55 bits per heavy atom. The van der Waals surface area contributed by atoms with Crippen LogP contribution in [0, 0.1) is 0 Å². The number of aryl methyl sites for hydroxylation is 1. The first-order chi connectivity index (χ1) is 9.81. The molecule has 0 unspecified atom stereocenters. The number of hydrogen-bond donors (Lipinski definition) is 0. The Balaban J connectivity index is 2.15. The number of aromatic nitrogens is 2. The second kappa shape index (κ2) is 4.04. The van der Waals surface area contributed by atoms with E-state index in [0.29, 0.717) is 0 Å². The van der Waals surface area contributed by atoms with Crippen LogP contribution in [0.3, 0.4) is 0 Å². The van der Waals surface area contributed by atoms with Crippen LogP contribution >= 0.6 is 0 Å². The molecule has 3 nitrogen and oxygen atoms in total. The minimum atomic E-state index is 0.106. The molecule has 0 amide bonds. The van der Waals surface area contributed by atoms with E-state index in [9.17, 15) is 4.79 Å². The third-order valence-corrected chi connectivity index (χ3v) is 3.88. The fraction of sp³-hybridized carbons (Fsp3) is 0.176. The molecule has 0 spiro atoms. The summed E-state index contributed by atoms with van der Waals surface area (Å²) in [4.78, 5) is 12.6. The van der Waals surface area contributed by atoms with E-state index in [1.807, 2.05) is 47.1 Å². The largest absolute Gasteiger partial charge is 0.289 e. The van der Waals surface area contributed by atoms with Crippen LogP contribution in [0.15, 0.2) is 42.5 Å². The molecule has 1 heterocycles. The van der Waals surface area contributed by atoms with Gasteiger partial charge in [-0.05, 0) is 12.5 Å². The molecule has 0 aliphatic heterocycles. The van der Waals surface area contributed by atoms with Crippen molar-refractivity contribution in [3.05, 3.63) is 53.6 Å². The zero-order valence-electron chi connectivity index (χ0n) is 11.3. The molecule has 2 aromatic carbocycles. The summed E-state index contributed by atoms with van der Waals surface area (Å²) >= 11 is 0. The van der Waals surface area contributed by atoms with Gasteiger partial charge >= 0.3 is 0 Å². The number of rotatable bonds is 2. The van der Waals surface area contributed by atoms with Gasteiger partial charge in [0.25, 0.3) is 0 Å². The Kier molecular flexibility index (Phi) is 2.30. The smallest absolute Gasteiger partial charge is 0.194 e. The van der Waals surface area contributed by atoms with Gasteiger partial charge in [0.1, 0.15) is 5.69 Å². The van der Waals surface area contributed by atoms with Gasteiger partial charge in [0.15, 0.2) is 5.78 Å². The Labute approximate surface area is 116 Å². The van der Waals surface area contributed by atoms with Crippen LogP contribution in [0.5, 0.6) is 0 Å². The molecule has 1 aromatic heterocycles. The number of fused-ring (bicyclic) bond motifs is 2. The average Bonchev–Trinajstić information content (AvgIpc) is 2.85. The lowest BCUT2D eigenvalue weighted by molar-refractivity contribution is 0.104. The predicted octanol–water partition coefficient (Wildman–Crippen LogP) is 3.66. The van der Waals surface area contributed by atoms with Crippen molar-refractivity contribution in [1.82, 2.24) is 9.78 Å². The van der Waals surface area contributed by atoms with Crippen molar-refractivity contribution in [2.75, 3.05) is 0 Å². The third-order valence-electron chi connectivity index (χ3n) is 3.88. The molecule has 0 atom stereocenters. The average molecular weight is 262 g/mol. The predicted molar refractivity (Wildman–Crippen MR) is 78.9 cm³/mol. The van der Waals surface area contributed by atoms with Crippen molar-refractivity contribution in [1.29, 1.82) is 0 Å². The molecular formula is C17H14N2O. The van der Waals surface area contributed by atoms with Crippen LogP contribution < -0.4 is 0 Å². The van der Waals surface area contributed by atoms with E-state index in [2.05, 4.69) is 6.92 Å².